The highest BCUT2D eigenvalue weighted by Crippen LogP contribution is 2.14. The Bertz CT molecular complexity index is 438. The monoisotopic (exact) mass is 274 g/mol. The van der Waals surface area contributed by atoms with E-state index in [4.69, 9.17) is 0 Å². The largest absolute Gasteiger partial charge is 0.353 e. The maximum absolute atomic E-state index is 12.0. The van der Waals surface area contributed by atoms with Crippen molar-refractivity contribution in [3.63, 3.8) is 0 Å². The minimum Gasteiger partial charge on any atom is -0.353 e. The molecule has 20 heavy (non-hydrogen) atoms. The second kappa shape index (κ2) is 7.44. The van der Waals surface area contributed by atoms with Gasteiger partial charge in [-0.1, -0.05) is 24.3 Å². The lowest BCUT2D eigenvalue weighted by Gasteiger charge is -2.16. The van der Waals surface area contributed by atoms with Crippen molar-refractivity contribution in [1.29, 1.82) is 0 Å². The maximum Gasteiger partial charge on any atom is 0.220 e. The zero-order chi connectivity index (χ0) is 14.4. The summed E-state index contributed by atoms with van der Waals surface area (Å²) < 4.78 is 0. The molecule has 1 aliphatic rings. The molecular weight excluding hydrogens is 248 g/mol. The van der Waals surface area contributed by atoms with E-state index < -0.39 is 0 Å². The average molecular weight is 274 g/mol. The SMILES string of the molecule is Cc1ccccc1CC(C)NC(=O)CCC1CCNC1. The summed E-state index contributed by atoms with van der Waals surface area (Å²) in [5.74, 6) is 0.880. The first-order chi connectivity index (χ1) is 9.65. The number of amides is 1. The molecule has 0 spiro atoms. The van der Waals surface area contributed by atoms with E-state index in [2.05, 4.69) is 48.7 Å². The van der Waals surface area contributed by atoms with Gasteiger partial charge < -0.3 is 10.6 Å². The number of aryl methyl sites for hydroxylation is 1. The fourth-order valence-corrected chi connectivity index (χ4v) is 2.86. The Balaban J connectivity index is 1.72. The molecule has 0 saturated carbocycles. The van der Waals surface area contributed by atoms with Crippen molar-refractivity contribution in [3.8, 4) is 0 Å². The lowest BCUT2D eigenvalue weighted by Crippen LogP contribution is -2.34. The Hall–Kier alpha value is -1.35. The smallest absolute Gasteiger partial charge is 0.220 e. The molecule has 1 aromatic carbocycles. The van der Waals surface area contributed by atoms with Crippen molar-refractivity contribution in [2.45, 2.75) is 45.6 Å². The van der Waals surface area contributed by atoms with Gasteiger partial charge in [0.25, 0.3) is 0 Å². The summed E-state index contributed by atoms with van der Waals surface area (Å²) in [7, 11) is 0. The van der Waals surface area contributed by atoms with Gasteiger partial charge in [0.15, 0.2) is 0 Å². The molecule has 0 aliphatic carbocycles. The Morgan fingerprint density at radius 2 is 2.25 bits per heavy atom. The number of hydrogen-bond donors (Lipinski definition) is 2. The summed E-state index contributed by atoms with van der Waals surface area (Å²) in [6, 6.07) is 8.58. The minimum atomic E-state index is 0.193. The highest BCUT2D eigenvalue weighted by Gasteiger charge is 2.16. The molecule has 2 unspecified atom stereocenters. The van der Waals surface area contributed by atoms with Crippen molar-refractivity contribution in [2.75, 3.05) is 13.1 Å². The van der Waals surface area contributed by atoms with Gasteiger partial charge in [-0.3, -0.25) is 4.79 Å². The van der Waals surface area contributed by atoms with Gasteiger partial charge in [-0.15, -0.1) is 0 Å². The van der Waals surface area contributed by atoms with Crippen LogP contribution in [0.1, 0.15) is 37.3 Å². The third-order valence-electron chi connectivity index (χ3n) is 4.14. The maximum atomic E-state index is 12.0. The van der Waals surface area contributed by atoms with Crippen molar-refractivity contribution in [1.82, 2.24) is 10.6 Å². The van der Waals surface area contributed by atoms with Crippen LogP contribution in [0.2, 0.25) is 0 Å². The molecule has 110 valence electrons. The predicted octanol–water partition coefficient (Wildman–Crippen LogP) is 2.43. The summed E-state index contributed by atoms with van der Waals surface area (Å²) >= 11 is 0. The van der Waals surface area contributed by atoms with E-state index in [0.717, 1.165) is 25.9 Å². The van der Waals surface area contributed by atoms with Crippen LogP contribution in [0.5, 0.6) is 0 Å². The molecule has 0 aromatic heterocycles. The number of hydrogen-bond acceptors (Lipinski definition) is 2. The van der Waals surface area contributed by atoms with Crippen LogP contribution in [0.15, 0.2) is 24.3 Å². The van der Waals surface area contributed by atoms with Crippen LogP contribution < -0.4 is 10.6 Å². The van der Waals surface area contributed by atoms with E-state index in [0.29, 0.717) is 12.3 Å². The highest BCUT2D eigenvalue weighted by molar-refractivity contribution is 5.76. The van der Waals surface area contributed by atoms with Crippen LogP contribution in [-0.4, -0.2) is 25.0 Å². The quantitative estimate of drug-likeness (QED) is 0.836. The normalized spacial score (nSPS) is 19.8. The van der Waals surface area contributed by atoms with Gasteiger partial charge in [0.05, 0.1) is 0 Å². The van der Waals surface area contributed by atoms with Gasteiger partial charge in [-0.25, -0.2) is 0 Å². The number of carbonyl (C=O) groups is 1. The Morgan fingerprint density at radius 1 is 1.45 bits per heavy atom. The number of nitrogens with one attached hydrogen (secondary N) is 2. The molecule has 2 rings (SSSR count). The first-order valence-corrected chi connectivity index (χ1v) is 7.69. The Kier molecular flexibility index (Phi) is 5.60. The minimum absolute atomic E-state index is 0.193. The van der Waals surface area contributed by atoms with E-state index in [1.807, 2.05) is 0 Å². The molecule has 0 radical (unpaired) electrons. The van der Waals surface area contributed by atoms with E-state index in [1.54, 1.807) is 0 Å². The Morgan fingerprint density at radius 3 is 2.95 bits per heavy atom. The van der Waals surface area contributed by atoms with E-state index >= 15 is 0 Å². The predicted molar refractivity (Wildman–Crippen MR) is 82.7 cm³/mol. The first kappa shape index (κ1) is 15.0. The molecule has 1 aliphatic heterocycles. The standard InChI is InChI=1S/C17H26N2O/c1-13-5-3-4-6-16(13)11-14(2)19-17(20)8-7-15-9-10-18-12-15/h3-6,14-15,18H,7-12H2,1-2H3,(H,19,20). The number of benzene rings is 1. The van der Waals surface area contributed by atoms with Crippen LogP contribution in [0.25, 0.3) is 0 Å². The lowest BCUT2D eigenvalue weighted by molar-refractivity contribution is -0.121. The molecule has 1 fully saturated rings. The second-order valence-corrected chi connectivity index (χ2v) is 6.00. The summed E-state index contributed by atoms with van der Waals surface area (Å²) in [4.78, 5) is 12.0. The van der Waals surface area contributed by atoms with Crippen LogP contribution in [-0.2, 0) is 11.2 Å². The number of carbonyl (C=O) groups excluding carboxylic acids is 1. The second-order valence-electron chi connectivity index (χ2n) is 6.00. The molecular formula is C17H26N2O. The van der Waals surface area contributed by atoms with Gasteiger partial charge in [-0.2, -0.15) is 0 Å². The summed E-state index contributed by atoms with van der Waals surface area (Å²) in [6.07, 6.45) is 3.79. The highest BCUT2D eigenvalue weighted by atomic mass is 16.1. The van der Waals surface area contributed by atoms with Crippen LogP contribution in [0.3, 0.4) is 0 Å². The third-order valence-corrected chi connectivity index (χ3v) is 4.14. The van der Waals surface area contributed by atoms with E-state index in [1.165, 1.54) is 17.5 Å². The molecule has 1 amide bonds. The summed E-state index contributed by atoms with van der Waals surface area (Å²) in [5, 5.41) is 6.46. The van der Waals surface area contributed by atoms with Crippen LogP contribution in [0.4, 0.5) is 0 Å². The average Bonchev–Trinajstić information content (AvgIpc) is 2.92. The van der Waals surface area contributed by atoms with Crippen molar-refractivity contribution in [3.05, 3.63) is 35.4 Å². The van der Waals surface area contributed by atoms with E-state index in [-0.39, 0.29) is 11.9 Å². The van der Waals surface area contributed by atoms with Crippen LogP contribution >= 0.6 is 0 Å². The molecule has 2 atom stereocenters. The third kappa shape index (κ3) is 4.64. The van der Waals surface area contributed by atoms with Gasteiger partial charge in [-0.05, 0) is 63.2 Å². The van der Waals surface area contributed by atoms with Crippen molar-refractivity contribution < 1.29 is 4.79 Å². The number of rotatable bonds is 6. The van der Waals surface area contributed by atoms with Gasteiger partial charge in [0.1, 0.15) is 0 Å². The molecule has 3 nitrogen and oxygen atoms in total. The zero-order valence-electron chi connectivity index (χ0n) is 12.6. The molecule has 3 heteroatoms. The fourth-order valence-electron chi connectivity index (χ4n) is 2.86. The van der Waals surface area contributed by atoms with Gasteiger partial charge >= 0.3 is 0 Å². The molecule has 2 N–H and O–H groups in total. The van der Waals surface area contributed by atoms with Gasteiger partial charge in [0.2, 0.25) is 5.91 Å². The first-order valence-electron chi connectivity index (χ1n) is 7.69. The summed E-state index contributed by atoms with van der Waals surface area (Å²) in [5.41, 5.74) is 2.62. The van der Waals surface area contributed by atoms with Crippen molar-refractivity contribution >= 4 is 5.91 Å². The Labute approximate surface area is 122 Å². The van der Waals surface area contributed by atoms with Gasteiger partial charge in [0, 0.05) is 12.5 Å². The topological polar surface area (TPSA) is 41.1 Å². The zero-order valence-corrected chi connectivity index (χ0v) is 12.6. The molecule has 1 saturated heterocycles. The van der Waals surface area contributed by atoms with Crippen molar-refractivity contribution in [2.24, 2.45) is 5.92 Å². The summed E-state index contributed by atoms with van der Waals surface area (Å²) in [6.45, 7) is 6.39. The van der Waals surface area contributed by atoms with Crippen LogP contribution in [0, 0.1) is 12.8 Å². The lowest BCUT2D eigenvalue weighted by atomic mass is 10.0. The molecule has 0 bridgehead atoms. The molecule has 1 aromatic rings. The fraction of sp³-hybridized carbons (Fsp3) is 0.588. The molecule has 1 heterocycles. The van der Waals surface area contributed by atoms with E-state index in [9.17, 15) is 4.79 Å².